The molecule has 25 heavy (non-hydrogen) atoms. The number of hydrogen-bond acceptors (Lipinski definition) is 4. The minimum Gasteiger partial charge on any atom is -0.492 e. The number of oxazole rings is 1. The molecule has 0 atom stereocenters. The molecular weight excluding hydrogens is 340 g/mol. The fraction of sp³-hybridized carbons (Fsp3) is 0.158. The van der Waals surface area contributed by atoms with E-state index in [-0.39, 0.29) is 5.91 Å². The van der Waals surface area contributed by atoms with Gasteiger partial charge >= 0.3 is 0 Å². The summed E-state index contributed by atoms with van der Waals surface area (Å²) in [5, 5.41) is 0.661. The third-order valence-corrected chi connectivity index (χ3v) is 3.96. The lowest BCUT2D eigenvalue weighted by Gasteiger charge is -2.17. The van der Waals surface area contributed by atoms with Gasteiger partial charge in [0.25, 0.3) is 5.91 Å². The summed E-state index contributed by atoms with van der Waals surface area (Å²) >= 11 is 5.83. The molecule has 3 aromatic rings. The highest BCUT2D eigenvalue weighted by Crippen LogP contribution is 2.19. The third kappa shape index (κ3) is 4.39. The Bertz CT molecular complexity index is 815. The van der Waals surface area contributed by atoms with Crippen LogP contribution < -0.4 is 4.74 Å². The van der Waals surface area contributed by atoms with Crippen LogP contribution in [0.15, 0.2) is 65.5 Å². The first kappa shape index (κ1) is 17.0. The third-order valence-electron chi connectivity index (χ3n) is 3.70. The molecule has 1 aromatic heterocycles. The number of carbonyl (C=O) groups excluding carboxylic acids is 1. The van der Waals surface area contributed by atoms with E-state index in [1.54, 1.807) is 54.5 Å². The van der Waals surface area contributed by atoms with Crippen LogP contribution in [0.2, 0.25) is 5.02 Å². The maximum absolute atomic E-state index is 12.4. The largest absolute Gasteiger partial charge is 0.492 e. The van der Waals surface area contributed by atoms with E-state index in [0.29, 0.717) is 29.5 Å². The summed E-state index contributed by atoms with van der Waals surface area (Å²) in [5.41, 5.74) is 1.49. The summed E-state index contributed by atoms with van der Waals surface area (Å²) in [5.74, 6) is 1.33. The van der Waals surface area contributed by atoms with Gasteiger partial charge in [0.15, 0.2) is 12.2 Å². The van der Waals surface area contributed by atoms with E-state index < -0.39 is 0 Å². The van der Waals surface area contributed by atoms with Crippen LogP contribution in [0, 0.1) is 0 Å². The standard InChI is InChI=1S/C19H17ClN2O3/c1-22(10-11-24-17-8-6-16(20)7-9-17)19(23)15-4-2-14(3-5-15)18-12-21-13-25-18/h2-9,12-13H,10-11H2,1H3. The number of rotatable bonds is 6. The Morgan fingerprint density at radius 2 is 1.88 bits per heavy atom. The van der Waals surface area contributed by atoms with Gasteiger partial charge < -0.3 is 14.1 Å². The van der Waals surface area contributed by atoms with Crippen LogP contribution in [0.3, 0.4) is 0 Å². The topological polar surface area (TPSA) is 55.6 Å². The quantitative estimate of drug-likeness (QED) is 0.666. The first-order valence-electron chi connectivity index (χ1n) is 7.76. The van der Waals surface area contributed by atoms with Gasteiger partial charge in [0, 0.05) is 23.2 Å². The molecule has 0 aliphatic heterocycles. The zero-order valence-corrected chi connectivity index (χ0v) is 14.4. The monoisotopic (exact) mass is 356 g/mol. The van der Waals surface area contributed by atoms with Crippen molar-refractivity contribution in [3.05, 3.63) is 71.7 Å². The molecule has 5 nitrogen and oxygen atoms in total. The molecule has 0 aliphatic rings. The molecule has 1 heterocycles. The molecule has 0 N–H and O–H groups in total. The van der Waals surface area contributed by atoms with Crippen molar-refractivity contribution in [2.24, 2.45) is 0 Å². The average molecular weight is 357 g/mol. The summed E-state index contributed by atoms with van der Waals surface area (Å²) < 4.78 is 10.9. The van der Waals surface area contributed by atoms with E-state index in [1.807, 2.05) is 12.1 Å². The molecule has 0 saturated carbocycles. The second-order valence-corrected chi connectivity index (χ2v) is 5.91. The summed E-state index contributed by atoms with van der Waals surface area (Å²) in [6.07, 6.45) is 3.01. The van der Waals surface area contributed by atoms with E-state index >= 15 is 0 Å². The average Bonchev–Trinajstić information content (AvgIpc) is 3.17. The zero-order valence-electron chi connectivity index (χ0n) is 13.7. The summed E-state index contributed by atoms with van der Waals surface area (Å²) in [6, 6.07) is 14.4. The number of nitrogens with zero attached hydrogens (tertiary/aromatic N) is 2. The summed E-state index contributed by atoms with van der Waals surface area (Å²) in [7, 11) is 1.75. The molecule has 128 valence electrons. The van der Waals surface area contributed by atoms with Crippen LogP contribution in [0.1, 0.15) is 10.4 Å². The SMILES string of the molecule is CN(CCOc1ccc(Cl)cc1)C(=O)c1ccc(-c2cnco2)cc1. The van der Waals surface area contributed by atoms with E-state index in [2.05, 4.69) is 4.98 Å². The molecule has 2 aromatic carbocycles. The van der Waals surface area contributed by atoms with Crippen LogP contribution in [0.5, 0.6) is 5.75 Å². The van der Waals surface area contributed by atoms with Gasteiger partial charge in [-0.15, -0.1) is 0 Å². The number of amides is 1. The van der Waals surface area contributed by atoms with Crippen LogP contribution in [-0.4, -0.2) is 36.0 Å². The molecule has 6 heteroatoms. The van der Waals surface area contributed by atoms with Gasteiger partial charge in [-0.25, -0.2) is 4.98 Å². The number of carbonyl (C=O) groups is 1. The van der Waals surface area contributed by atoms with Gasteiger partial charge in [-0.05, 0) is 36.4 Å². The van der Waals surface area contributed by atoms with Crippen molar-refractivity contribution in [2.75, 3.05) is 20.2 Å². The van der Waals surface area contributed by atoms with Crippen molar-refractivity contribution in [3.8, 4) is 17.1 Å². The first-order chi connectivity index (χ1) is 12.1. The Labute approximate surface area is 150 Å². The predicted molar refractivity (Wildman–Crippen MR) is 95.8 cm³/mol. The number of hydrogen-bond donors (Lipinski definition) is 0. The van der Waals surface area contributed by atoms with Crippen molar-refractivity contribution >= 4 is 17.5 Å². The minimum absolute atomic E-state index is 0.0659. The number of likely N-dealkylation sites (N-methyl/N-ethyl adjacent to an activating group) is 1. The molecule has 0 fully saturated rings. The van der Waals surface area contributed by atoms with Gasteiger partial charge in [0.05, 0.1) is 12.7 Å². The second kappa shape index (κ2) is 7.85. The predicted octanol–water partition coefficient (Wildman–Crippen LogP) is 4.15. The fourth-order valence-electron chi connectivity index (χ4n) is 2.29. The molecule has 3 rings (SSSR count). The summed E-state index contributed by atoms with van der Waals surface area (Å²) in [4.78, 5) is 18.0. The molecule has 0 radical (unpaired) electrons. The number of ether oxygens (including phenoxy) is 1. The number of aromatic nitrogens is 1. The normalized spacial score (nSPS) is 10.5. The van der Waals surface area contributed by atoms with Crippen molar-refractivity contribution in [1.29, 1.82) is 0 Å². The lowest BCUT2D eigenvalue weighted by molar-refractivity contribution is 0.0774. The number of benzene rings is 2. The lowest BCUT2D eigenvalue weighted by atomic mass is 10.1. The van der Waals surface area contributed by atoms with Crippen molar-refractivity contribution in [2.45, 2.75) is 0 Å². The van der Waals surface area contributed by atoms with E-state index in [1.165, 1.54) is 6.39 Å². The Hall–Kier alpha value is -2.79. The van der Waals surface area contributed by atoms with E-state index in [9.17, 15) is 4.79 Å². The van der Waals surface area contributed by atoms with Crippen molar-refractivity contribution < 1.29 is 13.9 Å². The van der Waals surface area contributed by atoms with Gasteiger partial charge in [0.1, 0.15) is 12.4 Å². The van der Waals surface area contributed by atoms with E-state index in [0.717, 1.165) is 11.3 Å². The highest BCUT2D eigenvalue weighted by atomic mass is 35.5. The zero-order chi connectivity index (χ0) is 17.6. The lowest BCUT2D eigenvalue weighted by Crippen LogP contribution is -2.30. The Kier molecular flexibility index (Phi) is 5.36. The molecule has 0 bridgehead atoms. The Morgan fingerprint density at radius 3 is 2.52 bits per heavy atom. The highest BCUT2D eigenvalue weighted by Gasteiger charge is 2.12. The molecule has 0 spiro atoms. The van der Waals surface area contributed by atoms with Crippen LogP contribution in [0.25, 0.3) is 11.3 Å². The molecule has 1 amide bonds. The molecule has 0 aliphatic carbocycles. The van der Waals surface area contributed by atoms with Gasteiger partial charge in [0.2, 0.25) is 0 Å². The smallest absolute Gasteiger partial charge is 0.253 e. The summed E-state index contributed by atoms with van der Waals surface area (Å²) in [6.45, 7) is 0.880. The molecule has 0 saturated heterocycles. The second-order valence-electron chi connectivity index (χ2n) is 5.47. The van der Waals surface area contributed by atoms with Crippen LogP contribution in [-0.2, 0) is 0 Å². The molecular formula is C19H17ClN2O3. The van der Waals surface area contributed by atoms with Crippen LogP contribution >= 0.6 is 11.6 Å². The highest BCUT2D eigenvalue weighted by molar-refractivity contribution is 6.30. The first-order valence-corrected chi connectivity index (χ1v) is 8.14. The Morgan fingerprint density at radius 1 is 1.16 bits per heavy atom. The fourth-order valence-corrected chi connectivity index (χ4v) is 2.41. The van der Waals surface area contributed by atoms with Crippen LogP contribution in [0.4, 0.5) is 0 Å². The molecule has 0 unspecified atom stereocenters. The Balaban J connectivity index is 1.54. The maximum Gasteiger partial charge on any atom is 0.253 e. The van der Waals surface area contributed by atoms with Gasteiger partial charge in [-0.3, -0.25) is 4.79 Å². The number of halogens is 1. The van der Waals surface area contributed by atoms with Crippen molar-refractivity contribution in [1.82, 2.24) is 9.88 Å². The maximum atomic E-state index is 12.4. The van der Waals surface area contributed by atoms with E-state index in [4.69, 9.17) is 20.8 Å². The minimum atomic E-state index is -0.0659. The van der Waals surface area contributed by atoms with Gasteiger partial charge in [-0.2, -0.15) is 0 Å². The van der Waals surface area contributed by atoms with Crippen molar-refractivity contribution in [3.63, 3.8) is 0 Å². The van der Waals surface area contributed by atoms with Gasteiger partial charge in [-0.1, -0.05) is 23.7 Å².